The summed E-state index contributed by atoms with van der Waals surface area (Å²) in [7, 11) is 4.81. The topological polar surface area (TPSA) is 66.2 Å². The van der Waals surface area contributed by atoms with Gasteiger partial charge in [0.25, 0.3) is 5.56 Å². The molecule has 0 N–H and O–H groups in total. The van der Waals surface area contributed by atoms with Gasteiger partial charge in [0.1, 0.15) is 5.52 Å². The van der Waals surface area contributed by atoms with Crippen LogP contribution in [0.15, 0.2) is 41.2 Å². The summed E-state index contributed by atoms with van der Waals surface area (Å²) in [5.41, 5.74) is 2.58. The number of aromatic nitrogens is 3. The molecule has 0 aliphatic heterocycles. The summed E-state index contributed by atoms with van der Waals surface area (Å²) in [6.07, 6.45) is 0. The van der Waals surface area contributed by atoms with Crippen molar-refractivity contribution < 1.29 is 9.47 Å². The maximum atomic E-state index is 12.7. The number of rotatable bonds is 2. The first kappa shape index (κ1) is 14.4. The Morgan fingerprint density at radius 2 is 1.50 bits per heavy atom. The molecule has 0 atom stereocenters. The minimum absolute atomic E-state index is 0.150. The third-order valence-electron chi connectivity index (χ3n) is 4.18. The Kier molecular flexibility index (Phi) is 3.13. The number of aryl methyl sites for hydroxylation is 1. The molecular weight excluding hydrogens is 306 g/mol. The Morgan fingerprint density at radius 3 is 2.12 bits per heavy atom. The van der Waals surface area contributed by atoms with E-state index in [1.807, 2.05) is 24.3 Å². The van der Waals surface area contributed by atoms with Crippen molar-refractivity contribution in [3.63, 3.8) is 0 Å². The third kappa shape index (κ3) is 1.93. The Hall–Kier alpha value is -3.15. The number of ether oxygens (including phenoxy) is 2. The van der Waals surface area contributed by atoms with E-state index >= 15 is 0 Å². The van der Waals surface area contributed by atoms with Gasteiger partial charge in [-0.05, 0) is 24.3 Å². The molecular formula is C18H15N3O3. The zero-order valence-electron chi connectivity index (χ0n) is 13.5. The largest absolute Gasteiger partial charge is 0.493 e. The first-order valence-electron chi connectivity index (χ1n) is 7.45. The highest BCUT2D eigenvalue weighted by Crippen LogP contribution is 2.33. The van der Waals surface area contributed by atoms with Crippen molar-refractivity contribution in [1.82, 2.24) is 14.5 Å². The first-order chi connectivity index (χ1) is 11.6. The molecule has 4 rings (SSSR count). The summed E-state index contributed by atoms with van der Waals surface area (Å²) in [6, 6.07) is 11.1. The van der Waals surface area contributed by atoms with Crippen molar-refractivity contribution >= 4 is 33.0 Å². The van der Waals surface area contributed by atoms with Crippen LogP contribution in [0.4, 0.5) is 0 Å². The van der Waals surface area contributed by atoms with Gasteiger partial charge in [0.05, 0.1) is 30.6 Å². The molecule has 0 fully saturated rings. The van der Waals surface area contributed by atoms with Crippen LogP contribution in [0.3, 0.4) is 0 Å². The quantitative estimate of drug-likeness (QED) is 0.419. The van der Waals surface area contributed by atoms with Crippen LogP contribution in [0.5, 0.6) is 11.5 Å². The number of para-hydroxylation sites is 2. The highest BCUT2D eigenvalue weighted by Gasteiger charge is 2.16. The highest BCUT2D eigenvalue weighted by atomic mass is 16.5. The predicted molar refractivity (Wildman–Crippen MR) is 92.9 cm³/mol. The van der Waals surface area contributed by atoms with E-state index in [2.05, 4.69) is 4.98 Å². The standard InChI is InChI=1S/C18H15N3O3/c1-21-17-16(19-12-6-4-5-7-13(12)20-17)10-8-14(23-2)15(24-3)9-11(10)18(21)22/h4-9H,1-3H3. The van der Waals surface area contributed by atoms with Crippen LogP contribution in [-0.4, -0.2) is 28.8 Å². The molecule has 120 valence electrons. The molecule has 0 unspecified atom stereocenters. The number of fused-ring (bicyclic) bond motifs is 4. The lowest BCUT2D eigenvalue weighted by atomic mass is 10.1. The summed E-state index contributed by atoms with van der Waals surface area (Å²) in [5.74, 6) is 1.06. The Morgan fingerprint density at radius 1 is 0.917 bits per heavy atom. The van der Waals surface area contributed by atoms with E-state index in [0.29, 0.717) is 33.4 Å². The molecule has 2 aromatic heterocycles. The van der Waals surface area contributed by atoms with Crippen LogP contribution in [0.25, 0.3) is 33.0 Å². The molecule has 0 saturated heterocycles. The maximum absolute atomic E-state index is 12.7. The van der Waals surface area contributed by atoms with E-state index in [1.165, 1.54) is 4.57 Å². The van der Waals surface area contributed by atoms with E-state index < -0.39 is 0 Å². The number of pyridine rings is 1. The summed E-state index contributed by atoms with van der Waals surface area (Å²) >= 11 is 0. The fraction of sp³-hybridized carbons (Fsp3) is 0.167. The Balaban J connectivity index is 2.27. The monoisotopic (exact) mass is 321 g/mol. The SMILES string of the molecule is COc1cc2c(=O)n(C)c3nc4ccccc4nc3c2cc1OC. The molecule has 6 heteroatoms. The van der Waals surface area contributed by atoms with Crippen molar-refractivity contribution in [1.29, 1.82) is 0 Å². The van der Waals surface area contributed by atoms with Crippen molar-refractivity contribution in [2.45, 2.75) is 0 Å². The van der Waals surface area contributed by atoms with Crippen LogP contribution in [0.2, 0.25) is 0 Å². The van der Waals surface area contributed by atoms with Crippen molar-refractivity contribution in [2.24, 2.45) is 7.05 Å². The molecule has 0 bridgehead atoms. The van der Waals surface area contributed by atoms with Crippen LogP contribution >= 0.6 is 0 Å². The summed E-state index contributed by atoms with van der Waals surface area (Å²) < 4.78 is 12.2. The predicted octanol–water partition coefficient (Wildman–Crippen LogP) is 2.65. The zero-order chi connectivity index (χ0) is 16.8. The van der Waals surface area contributed by atoms with Gasteiger partial charge in [-0.15, -0.1) is 0 Å². The van der Waals surface area contributed by atoms with Crippen LogP contribution in [0, 0.1) is 0 Å². The van der Waals surface area contributed by atoms with Gasteiger partial charge in [-0.3, -0.25) is 9.36 Å². The molecule has 24 heavy (non-hydrogen) atoms. The summed E-state index contributed by atoms with van der Waals surface area (Å²) in [6.45, 7) is 0. The minimum atomic E-state index is -0.150. The molecule has 0 saturated carbocycles. The lowest BCUT2D eigenvalue weighted by Gasteiger charge is -2.12. The van der Waals surface area contributed by atoms with E-state index in [-0.39, 0.29) is 5.56 Å². The van der Waals surface area contributed by atoms with Crippen LogP contribution in [0.1, 0.15) is 0 Å². The number of nitrogens with zero attached hydrogens (tertiary/aromatic N) is 3. The molecule has 6 nitrogen and oxygen atoms in total. The van der Waals surface area contributed by atoms with Crippen molar-refractivity contribution in [3.8, 4) is 11.5 Å². The smallest absolute Gasteiger partial charge is 0.260 e. The molecule has 0 spiro atoms. The fourth-order valence-electron chi connectivity index (χ4n) is 2.93. The second-order valence-corrected chi connectivity index (χ2v) is 5.50. The summed E-state index contributed by atoms with van der Waals surface area (Å²) in [5, 5.41) is 1.22. The number of methoxy groups -OCH3 is 2. The average Bonchev–Trinajstić information content (AvgIpc) is 2.63. The Labute approximate surface area is 137 Å². The first-order valence-corrected chi connectivity index (χ1v) is 7.45. The van der Waals surface area contributed by atoms with Gasteiger partial charge < -0.3 is 9.47 Å². The fourth-order valence-corrected chi connectivity index (χ4v) is 2.93. The van der Waals surface area contributed by atoms with Gasteiger partial charge >= 0.3 is 0 Å². The lowest BCUT2D eigenvalue weighted by Crippen LogP contribution is -2.19. The van der Waals surface area contributed by atoms with Gasteiger partial charge in [0, 0.05) is 12.4 Å². The third-order valence-corrected chi connectivity index (χ3v) is 4.18. The summed E-state index contributed by atoms with van der Waals surface area (Å²) in [4.78, 5) is 22.1. The number of hydrogen-bond donors (Lipinski definition) is 0. The van der Waals surface area contributed by atoms with E-state index in [9.17, 15) is 4.79 Å². The van der Waals surface area contributed by atoms with Crippen LogP contribution in [-0.2, 0) is 7.05 Å². The van der Waals surface area contributed by atoms with Gasteiger partial charge in [0.2, 0.25) is 0 Å². The van der Waals surface area contributed by atoms with Gasteiger partial charge in [-0.25, -0.2) is 9.97 Å². The van der Waals surface area contributed by atoms with E-state index in [0.717, 1.165) is 11.0 Å². The zero-order valence-corrected chi connectivity index (χ0v) is 13.5. The number of benzene rings is 2. The van der Waals surface area contributed by atoms with Crippen LogP contribution < -0.4 is 15.0 Å². The maximum Gasteiger partial charge on any atom is 0.260 e. The highest BCUT2D eigenvalue weighted by molar-refractivity contribution is 6.05. The van der Waals surface area contributed by atoms with Crippen molar-refractivity contribution in [2.75, 3.05) is 14.2 Å². The van der Waals surface area contributed by atoms with Gasteiger partial charge in [-0.1, -0.05) is 12.1 Å². The molecule has 0 aliphatic rings. The minimum Gasteiger partial charge on any atom is -0.493 e. The van der Waals surface area contributed by atoms with E-state index in [1.54, 1.807) is 33.4 Å². The molecule has 0 amide bonds. The molecule has 0 aliphatic carbocycles. The van der Waals surface area contributed by atoms with Gasteiger partial charge in [0.15, 0.2) is 17.1 Å². The number of hydrogen-bond acceptors (Lipinski definition) is 5. The normalized spacial score (nSPS) is 11.3. The van der Waals surface area contributed by atoms with Gasteiger partial charge in [-0.2, -0.15) is 0 Å². The Bertz CT molecular complexity index is 1170. The average molecular weight is 321 g/mol. The van der Waals surface area contributed by atoms with E-state index in [4.69, 9.17) is 14.5 Å². The second-order valence-electron chi connectivity index (χ2n) is 5.50. The second kappa shape index (κ2) is 5.19. The molecule has 2 aromatic carbocycles. The lowest BCUT2D eigenvalue weighted by molar-refractivity contribution is 0.356. The molecule has 0 radical (unpaired) electrons. The molecule has 2 heterocycles. The molecule has 4 aromatic rings. The van der Waals surface area contributed by atoms with Crippen molar-refractivity contribution in [3.05, 3.63) is 46.8 Å².